The summed E-state index contributed by atoms with van der Waals surface area (Å²) in [7, 11) is 1.90. The smallest absolute Gasteiger partial charge is 0.341 e. The molecule has 0 atom stereocenters. The minimum absolute atomic E-state index is 0.136. The predicted molar refractivity (Wildman–Crippen MR) is 98.9 cm³/mol. The molecule has 2 aromatic rings. The lowest BCUT2D eigenvalue weighted by atomic mass is 10.2. The molecule has 0 aliphatic heterocycles. The Morgan fingerprint density at radius 3 is 2.75 bits per heavy atom. The number of esters is 1. The summed E-state index contributed by atoms with van der Waals surface area (Å²) in [6, 6.07) is 3.85. The maximum absolute atomic E-state index is 12.3. The highest BCUT2D eigenvalue weighted by atomic mass is 32.1. The molecule has 24 heavy (non-hydrogen) atoms. The molecular formula is C17H22N2O3S2. The molecule has 1 amide bonds. The Morgan fingerprint density at radius 2 is 2.12 bits per heavy atom. The molecule has 5 nitrogen and oxygen atoms in total. The van der Waals surface area contributed by atoms with Crippen molar-refractivity contribution < 1.29 is 14.3 Å². The number of aryl methyl sites for hydroxylation is 1. The third-order valence-corrected chi connectivity index (χ3v) is 5.25. The number of nitrogens with zero attached hydrogens (tertiary/aromatic N) is 1. The van der Waals surface area contributed by atoms with Gasteiger partial charge < -0.3 is 10.1 Å². The van der Waals surface area contributed by atoms with Gasteiger partial charge in [0.05, 0.1) is 18.7 Å². The Morgan fingerprint density at radius 1 is 1.33 bits per heavy atom. The van der Waals surface area contributed by atoms with Crippen LogP contribution in [0.15, 0.2) is 22.9 Å². The number of carbonyl (C=O) groups is 2. The maximum Gasteiger partial charge on any atom is 0.341 e. The highest BCUT2D eigenvalue weighted by Gasteiger charge is 2.19. The molecule has 0 radical (unpaired) electrons. The van der Waals surface area contributed by atoms with Gasteiger partial charge in [0.25, 0.3) is 0 Å². The summed E-state index contributed by atoms with van der Waals surface area (Å²) in [6.07, 6.45) is 0.811. The number of hydrogen-bond donors (Lipinski definition) is 1. The van der Waals surface area contributed by atoms with E-state index in [1.807, 2.05) is 30.3 Å². The second kappa shape index (κ2) is 8.96. The third kappa shape index (κ3) is 5.15. The first-order valence-electron chi connectivity index (χ1n) is 7.82. The molecule has 2 aromatic heterocycles. The van der Waals surface area contributed by atoms with Gasteiger partial charge in [-0.3, -0.25) is 9.69 Å². The molecule has 0 saturated heterocycles. The normalized spacial score (nSPS) is 10.8. The standard InChI is InChI=1S/C17H22N2O3S2/c1-4-13-8-14(17(21)22-5-2)16(24-13)18-15(20)10-19(3)9-12-6-7-23-11-12/h6-8,11H,4-5,9-10H2,1-3H3,(H,18,20). The van der Waals surface area contributed by atoms with Crippen molar-refractivity contribution in [1.82, 2.24) is 4.90 Å². The molecule has 0 aliphatic carbocycles. The number of rotatable bonds is 8. The molecule has 0 bridgehead atoms. The molecule has 2 heterocycles. The Kier molecular flexibility index (Phi) is 6.96. The van der Waals surface area contributed by atoms with Crippen molar-refractivity contribution in [2.45, 2.75) is 26.8 Å². The number of likely N-dealkylation sites (N-methyl/N-ethyl adjacent to an activating group) is 1. The lowest BCUT2D eigenvalue weighted by Crippen LogP contribution is -2.29. The minimum atomic E-state index is -0.393. The molecule has 1 N–H and O–H groups in total. The highest BCUT2D eigenvalue weighted by Crippen LogP contribution is 2.29. The Balaban J connectivity index is 1.99. The van der Waals surface area contributed by atoms with Gasteiger partial charge in [0.1, 0.15) is 5.00 Å². The molecule has 0 unspecified atom stereocenters. The van der Waals surface area contributed by atoms with Gasteiger partial charge in [0, 0.05) is 11.4 Å². The largest absolute Gasteiger partial charge is 0.462 e. The molecule has 0 saturated carbocycles. The van der Waals surface area contributed by atoms with Crippen molar-refractivity contribution in [2.75, 3.05) is 25.5 Å². The fraction of sp³-hybridized carbons (Fsp3) is 0.412. The zero-order chi connectivity index (χ0) is 17.5. The Labute approximate surface area is 150 Å². The van der Waals surface area contributed by atoms with Crippen LogP contribution in [0.4, 0.5) is 5.00 Å². The van der Waals surface area contributed by atoms with E-state index < -0.39 is 5.97 Å². The molecule has 130 valence electrons. The van der Waals surface area contributed by atoms with Crippen molar-refractivity contribution in [3.63, 3.8) is 0 Å². The monoisotopic (exact) mass is 366 g/mol. The number of amides is 1. The first-order chi connectivity index (χ1) is 11.5. The van der Waals surface area contributed by atoms with Crippen molar-refractivity contribution >= 4 is 39.6 Å². The van der Waals surface area contributed by atoms with Crippen molar-refractivity contribution in [3.05, 3.63) is 38.9 Å². The van der Waals surface area contributed by atoms with E-state index in [0.717, 1.165) is 11.3 Å². The topological polar surface area (TPSA) is 58.6 Å². The second-order valence-corrected chi connectivity index (χ2v) is 7.30. The SMILES string of the molecule is CCOC(=O)c1cc(CC)sc1NC(=O)CN(C)Cc1ccsc1. The lowest BCUT2D eigenvalue weighted by Gasteiger charge is -2.15. The third-order valence-electron chi connectivity index (χ3n) is 3.33. The summed E-state index contributed by atoms with van der Waals surface area (Å²) in [5.41, 5.74) is 1.62. The van der Waals surface area contributed by atoms with E-state index in [-0.39, 0.29) is 12.5 Å². The van der Waals surface area contributed by atoms with E-state index in [4.69, 9.17) is 4.74 Å². The van der Waals surface area contributed by atoms with E-state index in [2.05, 4.69) is 10.7 Å². The van der Waals surface area contributed by atoms with Gasteiger partial charge in [-0.2, -0.15) is 11.3 Å². The van der Waals surface area contributed by atoms with Crippen LogP contribution < -0.4 is 5.32 Å². The average molecular weight is 367 g/mol. The summed E-state index contributed by atoms with van der Waals surface area (Å²) >= 11 is 3.07. The molecule has 0 fully saturated rings. The van der Waals surface area contributed by atoms with Crippen LogP contribution in [-0.2, 0) is 22.5 Å². The zero-order valence-corrected chi connectivity index (χ0v) is 15.8. The summed E-state index contributed by atoms with van der Waals surface area (Å²) in [5, 5.41) is 7.51. The average Bonchev–Trinajstić information content (AvgIpc) is 3.16. The number of thiophene rings is 2. The van der Waals surface area contributed by atoms with Gasteiger partial charge in [-0.05, 0) is 48.8 Å². The van der Waals surface area contributed by atoms with E-state index in [1.165, 1.54) is 16.9 Å². The van der Waals surface area contributed by atoms with E-state index in [1.54, 1.807) is 24.3 Å². The van der Waals surface area contributed by atoms with Gasteiger partial charge in [0.15, 0.2) is 0 Å². The van der Waals surface area contributed by atoms with Crippen LogP contribution in [0.25, 0.3) is 0 Å². The summed E-state index contributed by atoms with van der Waals surface area (Å²) in [6.45, 7) is 5.07. The number of ether oxygens (including phenoxy) is 1. The molecular weight excluding hydrogens is 344 g/mol. The van der Waals surface area contributed by atoms with Crippen molar-refractivity contribution in [2.24, 2.45) is 0 Å². The summed E-state index contributed by atoms with van der Waals surface area (Å²) in [5.74, 6) is -0.529. The second-order valence-electron chi connectivity index (χ2n) is 5.38. The van der Waals surface area contributed by atoms with Gasteiger partial charge in [-0.1, -0.05) is 6.92 Å². The van der Waals surface area contributed by atoms with Crippen LogP contribution in [0.5, 0.6) is 0 Å². The first-order valence-corrected chi connectivity index (χ1v) is 9.58. The van der Waals surface area contributed by atoms with Gasteiger partial charge in [-0.15, -0.1) is 11.3 Å². The van der Waals surface area contributed by atoms with Crippen LogP contribution in [0.1, 0.15) is 34.6 Å². The first kappa shape index (κ1) is 18.6. The fourth-order valence-corrected chi connectivity index (χ4v) is 3.89. The van der Waals surface area contributed by atoms with Gasteiger partial charge >= 0.3 is 5.97 Å². The van der Waals surface area contributed by atoms with E-state index in [9.17, 15) is 9.59 Å². The van der Waals surface area contributed by atoms with E-state index in [0.29, 0.717) is 23.7 Å². The van der Waals surface area contributed by atoms with E-state index >= 15 is 0 Å². The lowest BCUT2D eigenvalue weighted by molar-refractivity contribution is -0.117. The number of hydrogen-bond acceptors (Lipinski definition) is 6. The minimum Gasteiger partial charge on any atom is -0.462 e. The Bertz CT molecular complexity index is 680. The highest BCUT2D eigenvalue weighted by molar-refractivity contribution is 7.16. The van der Waals surface area contributed by atoms with Crippen LogP contribution in [0.2, 0.25) is 0 Å². The summed E-state index contributed by atoms with van der Waals surface area (Å²) in [4.78, 5) is 27.3. The maximum atomic E-state index is 12.3. The van der Waals surface area contributed by atoms with Crippen molar-refractivity contribution in [3.8, 4) is 0 Å². The van der Waals surface area contributed by atoms with Crippen LogP contribution in [0, 0.1) is 0 Å². The predicted octanol–water partition coefficient (Wildman–Crippen LogP) is 3.62. The number of nitrogens with one attached hydrogen (secondary N) is 1. The molecule has 0 aromatic carbocycles. The Hall–Kier alpha value is -1.70. The van der Waals surface area contributed by atoms with Crippen molar-refractivity contribution in [1.29, 1.82) is 0 Å². The van der Waals surface area contributed by atoms with Crippen LogP contribution in [-0.4, -0.2) is 37.0 Å². The summed E-state index contributed by atoms with van der Waals surface area (Å²) < 4.78 is 5.07. The zero-order valence-electron chi connectivity index (χ0n) is 14.1. The van der Waals surface area contributed by atoms with Gasteiger partial charge in [0.2, 0.25) is 5.91 Å². The molecule has 0 aliphatic rings. The molecule has 0 spiro atoms. The molecule has 2 rings (SSSR count). The van der Waals surface area contributed by atoms with Crippen LogP contribution >= 0.6 is 22.7 Å². The fourth-order valence-electron chi connectivity index (χ4n) is 2.23. The molecule has 7 heteroatoms. The quantitative estimate of drug-likeness (QED) is 0.725. The number of carbonyl (C=O) groups excluding carboxylic acids is 2. The number of anilines is 1. The van der Waals surface area contributed by atoms with Gasteiger partial charge in [-0.25, -0.2) is 4.79 Å². The van der Waals surface area contributed by atoms with Crippen LogP contribution in [0.3, 0.4) is 0 Å².